The first-order valence-electron chi connectivity index (χ1n) is 5.38. The van der Waals surface area contributed by atoms with Gasteiger partial charge >= 0.3 is 6.03 Å². The Bertz CT molecular complexity index is 341. The molecule has 0 saturated heterocycles. The third kappa shape index (κ3) is 2.29. The van der Waals surface area contributed by atoms with Crippen LogP contribution in [-0.2, 0) is 0 Å². The maximum atomic E-state index is 11.7. The van der Waals surface area contributed by atoms with Gasteiger partial charge < -0.3 is 11.1 Å². The maximum Gasteiger partial charge on any atom is 0.344 e. The molecular weight excluding hydrogens is 192 g/mol. The topological polar surface area (TPSA) is 72.9 Å². The number of nitrogens with one attached hydrogen (secondary N) is 1. The largest absolute Gasteiger partial charge is 0.383 e. The van der Waals surface area contributed by atoms with Gasteiger partial charge in [0.1, 0.15) is 5.82 Å². The lowest BCUT2D eigenvalue weighted by molar-refractivity contribution is 0.232. The third-order valence-corrected chi connectivity index (χ3v) is 2.80. The number of carbonyl (C=O) groups is 1. The SMILES string of the molecule is Nc1ccnn1C(=O)NC1CCCCC1. The fraction of sp³-hybridized carbons (Fsp3) is 0.600. The van der Waals surface area contributed by atoms with E-state index in [1.165, 1.54) is 30.1 Å². The van der Waals surface area contributed by atoms with E-state index in [2.05, 4.69) is 10.4 Å². The van der Waals surface area contributed by atoms with Crippen LogP contribution >= 0.6 is 0 Å². The molecule has 3 N–H and O–H groups in total. The van der Waals surface area contributed by atoms with Gasteiger partial charge in [0, 0.05) is 12.1 Å². The van der Waals surface area contributed by atoms with Crippen molar-refractivity contribution in [3.05, 3.63) is 12.3 Å². The standard InChI is InChI=1S/C10H16N4O/c11-9-6-7-12-14(9)10(15)13-8-4-2-1-3-5-8/h6-8H,1-5,11H2,(H,13,15). The number of nitrogen functional groups attached to an aromatic ring is 1. The van der Waals surface area contributed by atoms with Gasteiger partial charge in [-0.3, -0.25) is 0 Å². The molecule has 0 radical (unpaired) electrons. The second kappa shape index (κ2) is 4.33. The fourth-order valence-corrected chi connectivity index (χ4v) is 1.97. The summed E-state index contributed by atoms with van der Waals surface area (Å²) in [4.78, 5) is 11.7. The van der Waals surface area contributed by atoms with Gasteiger partial charge in [0.2, 0.25) is 0 Å². The molecule has 1 aliphatic carbocycles. The molecule has 1 aromatic heterocycles. The summed E-state index contributed by atoms with van der Waals surface area (Å²) in [7, 11) is 0. The second-order valence-electron chi connectivity index (χ2n) is 3.95. The summed E-state index contributed by atoms with van der Waals surface area (Å²) in [5, 5.41) is 6.80. The van der Waals surface area contributed by atoms with E-state index >= 15 is 0 Å². The second-order valence-corrected chi connectivity index (χ2v) is 3.95. The van der Waals surface area contributed by atoms with Crippen molar-refractivity contribution >= 4 is 11.8 Å². The van der Waals surface area contributed by atoms with Gasteiger partial charge in [0.05, 0.1) is 6.20 Å². The van der Waals surface area contributed by atoms with Crippen molar-refractivity contribution in [2.75, 3.05) is 5.73 Å². The van der Waals surface area contributed by atoms with Crippen molar-refractivity contribution in [1.82, 2.24) is 15.1 Å². The van der Waals surface area contributed by atoms with Crippen LogP contribution in [0.25, 0.3) is 0 Å². The minimum Gasteiger partial charge on any atom is -0.383 e. The molecule has 2 rings (SSSR count). The summed E-state index contributed by atoms with van der Waals surface area (Å²) < 4.78 is 1.20. The number of hydrogen-bond acceptors (Lipinski definition) is 3. The Kier molecular flexibility index (Phi) is 2.89. The predicted molar refractivity (Wildman–Crippen MR) is 57.4 cm³/mol. The van der Waals surface area contributed by atoms with Gasteiger partial charge in [-0.25, -0.2) is 4.79 Å². The van der Waals surface area contributed by atoms with E-state index in [9.17, 15) is 4.79 Å². The monoisotopic (exact) mass is 208 g/mol. The van der Waals surface area contributed by atoms with Crippen LogP contribution in [0.2, 0.25) is 0 Å². The highest BCUT2D eigenvalue weighted by Crippen LogP contribution is 2.17. The zero-order valence-electron chi connectivity index (χ0n) is 8.65. The van der Waals surface area contributed by atoms with Crippen LogP contribution in [0.15, 0.2) is 12.3 Å². The Morgan fingerprint density at radius 2 is 2.20 bits per heavy atom. The molecule has 1 aliphatic rings. The molecule has 82 valence electrons. The highest BCUT2D eigenvalue weighted by molar-refractivity contribution is 5.79. The van der Waals surface area contributed by atoms with Crippen LogP contribution in [0, 0.1) is 0 Å². The molecule has 0 atom stereocenters. The Morgan fingerprint density at radius 1 is 1.47 bits per heavy atom. The minimum absolute atomic E-state index is 0.218. The molecule has 0 spiro atoms. The van der Waals surface area contributed by atoms with E-state index in [1.807, 2.05) is 0 Å². The first kappa shape index (κ1) is 10.0. The average Bonchev–Trinajstić information content (AvgIpc) is 2.66. The zero-order chi connectivity index (χ0) is 10.7. The number of amides is 1. The smallest absolute Gasteiger partial charge is 0.344 e. The first-order chi connectivity index (χ1) is 7.27. The van der Waals surface area contributed by atoms with Gasteiger partial charge in [0.15, 0.2) is 0 Å². The molecule has 0 aliphatic heterocycles. The lowest BCUT2D eigenvalue weighted by atomic mass is 9.96. The van der Waals surface area contributed by atoms with Gasteiger partial charge in [-0.15, -0.1) is 0 Å². The molecule has 15 heavy (non-hydrogen) atoms. The maximum absolute atomic E-state index is 11.7. The van der Waals surface area contributed by atoms with E-state index < -0.39 is 0 Å². The number of hydrogen-bond donors (Lipinski definition) is 2. The number of rotatable bonds is 1. The Morgan fingerprint density at radius 3 is 2.80 bits per heavy atom. The number of nitrogens with two attached hydrogens (primary N) is 1. The summed E-state index contributed by atoms with van der Waals surface area (Å²) in [5.74, 6) is 0.378. The summed E-state index contributed by atoms with van der Waals surface area (Å²) >= 11 is 0. The molecule has 5 nitrogen and oxygen atoms in total. The summed E-state index contributed by atoms with van der Waals surface area (Å²) in [6.45, 7) is 0. The Hall–Kier alpha value is -1.52. The van der Waals surface area contributed by atoms with Gasteiger partial charge in [-0.2, -0.15) is 9.78 Å². The van der Waals surface area contributed by atoms with Crippen LogP contribution in [0.4, 0.5) is 10.6 Å². The molecule has 1 aromatic rings. The van der Waals surface area contributed by atoms with Crippen LogP contribution in [0.5, 0.6) is 0 Å². The number of nitrogens with zero attached hydrogens (tertiary/aromatic N) is 2. The average molecular weight is 208 g/mol. The highest BCUT2D eigenvalue weighted by Gasteiger charge is 2.17. The minimum atomic E-state index is -0.218. The normalized spacial score (nSPS) is 17.6. The van der Waals surface area contributed by atoms with Crippen LogP contribution in [0.3, 0.4) is 0 Å². The van der Waals surface area contributed by atoms with Crippen molar-refractivity contribution in [3.8, 4) is 0 Å². The number of anilines is 1. The Labute approximate surface area is 88.6 Å². The molecule has 1 saturated carbocycles. The van der Waals surface area contributed by atoms with E-state index in [0.29, 0.717) is 5.82 Å². The molecule has 0 unspecified atom stereocenters. The van der Waals surface area contributed by atoms with E-state index in [-0.39, 0.29) is 12.1 Å². The van der Waals surface area contributed by atoms with E-state index in [0.717, 1.165) is 12.8 Å². The van der Waals surface area contributed by atoms with Crippen molar-refractivity contribution < 1.29 is 4.79 Å². The van der Waals surface area contributed by atoms with Gasteiger partial charge in [-0.1, -0.05) is 19.3 Å². The Balaban J connectivity index is 1.94. The summed E-state index contributed by atoms with van der Waals surface area (Å²) in [6, 6.07) is 1.68. The van der Waals surface area contributed by atoms with E-state index in [4.69, 9.17) is 5.73 Å². The highest BCUT2D eigenvalue weighted by atomic mass is 16.2. The van der Waals surface area contributed by atoms with Crippen LogP contribution < -0.4 is 11.1 Å². The summed E-state index contributed by atoms with van der Waals surface area (Å²) in [6.07, 6.45) is 7.31. The van der Waals surface area contributed by atoms with Crippen LogP contribution in [-0.4, -0.2) is 21.9 Å². The predicted octanol–water partition coefficient (Wildman–Crippen LogP) is 1.36. The van der Waals surface area contributed by atoms with Crippen molar-refractivity contribution in [2.24, 2.45) is 0 Å². The zero-order valence-corrected chi connectivity index (χ0v) is 8.65. The third-order valence-electron chi connectivity index (χ3n) is 2.80. The van der Waals surface area contributed by atoms with Crippen LogP contribution in [0.1, 0.15) is 32.1 Å². The molecule has 5 heteroatoms. The van der Waals surface area contributed by atoms with Crippen molar-refractivity contribution in [1.29, 1.82) is 0 Å². The van der Waals surface area contributed by atoms with E-state index in [1.54, 1.807) is 6.07 Å². The molecule has 1 fully saturated rings. The molecule has 0 aromatic carbocycles. The lowest BCUT2D eigenvalue weighted by Gasteiger charge is -2.22. The van der Waals surface area contributed by atoms with Crippen molar-refractivity contribution in [3.63, 3.8) is 0 Å². The summed E-state index contributed by atoms with van der Waals surface area (Å²) in [5.41, 5.74) is 5.59. The quantitative estimate of drug-likeness (QED) is 0.731. The van der Waals surface area contributed by atoms with Gasteiger partial charge in [0.25, 0.3) is 0 Å². The number of carbonyl (C=O) groups excluding carboxylic acids is 1. The lowest BCUT2D eigenvalue weighted by Crippen LogP contribution is -2.39. The molecule has 1 amide bonds. The van der Waals surface area contributed by atoms with Crippen molar-refractivity contribution in [2.45, 2.75) is 38.1 Å². The first-order valence-corrected chi connectivity index (χ1v) is 5.38. The van der Waals surface area contributed by atoms with Gasteiger partial charge in [-0.05, 0) is 12.8 Å². The molecular formula is C10H16N4O. The fourth-order valence-electron chi connectivity index (χ4n) is 1.97. The number of aromatic nitrogens is 2. The molecule has 0 bridgehead atoms. The molecule has 1 heterocycles.